The highest BCUT2D eigenvalue weighted by Gasteiger charge is 2.47. The van der Waals surface area contributed by atoms with Crippen LogP contribution in [-0.2, 0) is 15.6 Å². The summed E-state index contributed by atoms with van der Waals surface area (Å²) in [4.78, 5) is 28.6. The molecule has 1 aromatic rings. The molecule has 3 fully saturated rings. The molecule has 0 saturated carbocycles. The zero-order valence-electron chi connectivity index (χ0n) is 14.9. The lowest BCUT2D eigenvalue weighted by atomic mass is 9.91. The number of rotatable bonds is 3. The smallest absolute Gasteiger partial charge is 0.320 e. The fourth-order valence-corrected chi connectivity index (χ4v) is 6.12. The van der Waals surface area contributed by atoms with Crippen LogP contribution >= 0.6 is 0 Å². The van der Waals surface area contributed by atoms with Gasteiger partial charge in [-0.2, -0.15) is 0 Å². The number of carboxylic acid groups (broad SMARTS) is 1. The second kappa shape index (κ2) is 7.22. The largest absolute Gasteiger partial charge is 0.481 e. The molecular weight excluding hydrogens is 371 g/mol. The molecule has 0 aromatic heterocycles. The van der Waals surface area contributed by atoms with Crippen LogP contribution in [0, 0.1) is 11.7 Å². The number of hydrogen-bond acceptors (Lipinski definition) is 3. The average Bonchev–Trinajstić information content (AvgIpc) is 3.24. The minimum Gasteiger partial charge on any atom is -0.481 e. The van der Waals surface area contributed by atoms with Crippen molar-refractivity contribution in [1.82, 2.24) is 9.80 Å². The normalized spacial score (nSPS) is 31.1. The van der Waals surface area contributed by atoms with Crippen molar-refractivity contribution >= 4 is 22.8 Å². The van der Waals surface area contributed by atoms with E-state index in [-0.39, 0.29) is 35.1 Å². The summed E-state index contributed by atoms with van der Waals surface area (Å²) in [6.45, 7) is 0.968. The molecule has 4 atom stereocenters. The lowest BCUT2D eigenvalue weighted by Gasteiger charge is -2.39. The Labute approximate surface area is 159 Å². The van der Waals surface area contributed by atoms with E-state index in [9.17, 15) is 23.3 Å². The Bertz CT molecular complexity index is 757. The predicted molar refractivity (Wildman–Crippen MR) is 97.2 cm³/mol. The maximum Gasteiger partial charge on any atom is 0.320 e. The number of amides is 2. The van der Waals surface area contributed by atoms with Gasteiger partial charge in [0.2, 0.25) is 0 Å². The Morgan fingerprint density at radius 2 is 1.70 bits per heavy atom. The van der Waals surface area contributed by atoms with Crippen LogP contribution in [0.25, 0.3) is 0 Å². The Balaban J connectivity index is 1.40. The standard InChI is InChI=1S/C19H23FN2O4S/c20-13-1-5-16(6-2-13)27(26)17-7-8-21(11-17)19(25)22-14-3-4-15(22)10-12(9-14)18(23)24/h1-2,5-6,12,14-15,17H,3-4,7-11H2,(H,23,24). The molecule has 3 aliphatic heterocycles. The van der Waals surface area contributed by atoms with Crippen molar-refractivity contribution in [2.24, 2.45) is 5.92 Å². The van der Waals surface area contributed by atoms with Crippen LogP contribution in [0.15, 0.2) is 29.2 Å². The van der Waals surface area contributed by atoms with Gasteiger partial charge in [0.25, 0.3) is 0 Å². The van der Waals surface area contributed by atoms with Crippen LogP contribution in [0.2, 0.25) is 0 Å². The van der Waals surface area contributed by atoms with Gasteiger partial charge in [-0.15, -0.1) is 0 Å². The van der Waals surface area contributed by atoms with E-state index in [4.69, 9.17) is 0 Å². The van der Waals surface area contributed by atoms with Crippen LogP contribution in [0.5, 0.6) is 0 Å². The summed E-state index contributed by atoms with van der Waals surface area (Å²) in [7, 11) is -1.28. The average molecular weight is 394 g/mol. The molecular formula is C19H23FN2O4S. The van der Waals surface area contributed by atoms with Gasteiger partial charge in [-0.3, -0.25) is 9.00 Å². The van der Waals surface area contributed by atoms with E-state index in [0.29, 0.717) is 37.2 Å². The van der Waals surface area contributed by atoms with E-state index in [0.717, 1.165) is 12.8 Å². The number of piperidine rings is 1. The van der Waals surface area contributed by atoms with Crippen molar-refractivity contribution in [2.45, 2.75) is 54.3 Å². The first-order chi connectivity index (χ1) is 12.9. The summed E-state index contributed by atoms with van der Waals surface area (Å²) in [5.74, 6) is -1.49. The Morgan fingerprint density at radius 1 is 1.07 bits per heavy atom. The monoisotopic (exact) mass is 394 g/mol. The van der Waals surface area contributed by atoms with Crippen LogP contribution < -0.4 is 0 Å². The molecule has 0 radical (unpaired) electrons. The molecule has 3 saturated heterocycles. The van der Waals surface area contributed by atoms with Crippen molar-refractivity contribution in [2.75, 3.05) is 13.1 Å². The van der Waals surface area contributed by atoms with Gasteiger partial charge in [0.1, 0.15) is 5.82 Å². The molecule has 27 heavy (non-hydrogen) atoms. The number of halogens is 1. The lowest BCUT2D eigenvalue weighted by Crippen LogP contribution is -2.52. The van der Waals surface area contributed by atoms with Gasteiger partial charge >= 0.3 is 12.0 Å². The molecule has 6 nitrogen and oxygen atoms in total. The van der Waals surface area contributed by atoms with E-state index in [1.807, 2.05) is 4.90 Å². The number of aliphatic carboxylic acids is 1. The summed E-state index contributed by atoms with van der Waals surface area (Å²) in [5.41, 5.74) is 0. The first kappa shape index (κ1) is 18.4. The fourth-order valence-electron chi connectivity index (χ4n) is 4.69. The van der Waals surface area contributed by atoms with Gasteiger partial charge in [-0.05, 0) is 56.4 Å². The van der Waals surface area contributed by atoms with E-state index in [2.05, 4.69) is 0 Å². The highest BCUT2D eigenvalue weighted by atomic mass is 32.2. The highest BCUT2D eigenvalue weighted by molar-refractivity contribution is 7.85. The lowest BCUT2D eigenvalue weighted by molar-refractivity contribution is -0.144. The van der Waals surface area contributed by atoms with Crippen molar-refractivity contribution in [3.05, 3.63) is 30.1 Å². The Morgan fingerprint density at radius 3 is 2.30 bits per heavy atom. The van der Waals surface area contributed by atoms with Gasteiger partial charge in [-0.25, -0.2) is 9.18 Å². The van der Waals surface area contributed by atoms with E-state index in [1.54, 1.807) is 4.90 Å². The van der Waals surface area contributed by atoms with Crippen molar-refractivity contribution < 1.29 is 23.3 Å². The van der Waals surface area contributed by atoms with Crippen LogP contribution in [0.4, 0.5) is 9.18 Å². The Kier molecular flexibility index (Phi) is 4.92. The van der Waals surface area contributed by atoms with Crippen LogP contribution in [0.3, 0.4) is 0 Å². The third-order valence-electron chi connectivity index (χ3n) is 6.07. The molecule has 4 unspecified atom stereocenters. The van der Waals surface area contributed by atoms with Gasteiger partial charge in [0, 0.05) is 30.1 Å². The van der Waals surface area contributed by atoms with Gasteiger partial charge in [-0.1, -0.05) is 0 Å². The van der Waals surface area contributed by atoms with Crippen LogP contribution in [-0.4, -0.2) is 61.5 Å². The topological polar surface area (TPSA) is 77.9 Å². The SMILES string of the molecule is O=C(O)C1CC2CCC(C1)N2C(=O)N1CCC(S(=O)c2ccc(F)cc2)C1. The molecule has 2 bridgehead atoms. The molecule has 3 aliphatic rings. The van der Waals surface area contributed by atoms with E-state index >= 15 is 0 Å². The molecule has 1 N–H and O–H groups in total. The van der Waals surface area contributed by atoms with Crippen LogP contribution in [0.1, 0.15) is 32.1 Å². The van der Waals surface area contributed by atoms with Gasteiger partial charge in [0.15, 0.2) is 0 Å². The number of carbonyl (C=O) groups excluding carboxylic acids is 1. The second-order valence-electron chi connectivity index (χ2n) is 7.69. The zero-order chi connectivity index (χ0) is 19.1. The molecule has 0 aliphatic carbocycles. The van der Waals surface area contributed by atoms with Crippen molar-refractivity contribution in [3.63, 3.8) is 0 Å². The number of nitrogens with zero attached hydrogens (tertiary/aromatic N) is 2. The summed E-state index contributed by atoms with van der Waals surface area (Å²) in [5, 5.41) is 9.13. The summed E-state index contributed by atoms with van der Waals surface area (Å²) in [6.07, 6.45) is 3.42. The molecule has 4 rings (SSSR count). The third kappa shape index (κ3) is 3.47. The van der Waals surface area contributed by atoms with Gasteiger partial charge in [0.05, 0.1) is 22.0 Å². The number of carbonyl (C=O) groups is 2. The number of benzene rings is 1. The number of hydrogen-bond donors (Lipinski definition) is 1. The maximum absolute atomic E-state index is 13.1. The predicted octanol–water partition coefficient (Wildman–Crippen LogP) is 2.46. The summed E-state index contributed by atoms with van der Waals surface area (Å²) in [6, 6.07) is 5.62. The number of likely N-dealkylation sites (tertiary alicyclic amines) is 1. The van der Waals surface area contributed by atoms with Crippen molar-refractivity contribution in [3.8, 4) is 0 Å². The highest BCUT2D eigenvalue weighted by Crippen LogP contribution is 2.40. The zero-order valence-corrected chi connectivity index (χ0v) is 15.7. The van der Waals surface area contributed by atoms with Gasteiger partial charge < -0.3 is 14.9 Å². The summed E-state index contributed by atoms with van der Waals surface area (Å²) < 4.78 is 25.8. The minimum atomic E-state index is -1.28. The molecule has 1 aromatic carbocycles. The second-order valence-corrected chi connectivity index (χ2v) is 9.42. The number of carboxylic acids is 1. The molecule has 0 spiro atoms. The maximum atomic E-state index is 13.1. The molecule has 8 heteroatoms. The quantitative estimate of drug-likeness (QED) is 0.854. The Hall–Kier alpha value is -1.96. The van der Waals surface area contributed by atoms with E-state index < -0.39 is 16.8 Å². The minimum absolute atomic E-state index is 0.000930. The molecule has 3 heterocycles. The molecule has 146 valence electrons. The third-order valence-corrected chi connectivity index (χ3v) is 7.79. The number of urea groups is 1. The fraction of sp³-hybridized carbons (Fsp3) is 0.579. The molecule has 2 amide bonds. The van der Waals surface area contributed by atoms with E-state index in [1.165, 1.54) is 24.3 Å². The number of fused-ring (bicyclic) bond motifs is 2. The first-order valence-electron chi connectivity index (χ1n) is 9.40. The first-order valence-corrected chi connectivity index (χ1v) is 10.6. The summed E-state index contributed by atoms with van der Waals surface area (Å²) >= 11 is 0. The van der Waals surface area contributed by atoms with Crippen molar-refractivity contribution in [1.29, 1.82) is 0 Å².